The van der Waals surface area contributed by atoms with Crippen LogP contribution in [0.15, 0.2) is 36.5 Å². The topological polar surface area (TPSA) is 305 Å². The first kappa shape index (κ1) is 84.6. The van der Waals surface area contributed by atoms with Gasteiger partial charge in [0.2, 0.25) is 59.1 Å². The van der Waals surface area contributed by atoms with Crippen molar-refractivity contribution in [1.82, 2.24) is 55.6 Å². The Labute approximate surface area is 572 Å². The van der Waals surface area contributed by atoms with E-state index in [1.807, 2.05) is 61.5 Å². The molecule has 0 radical (unpaired) electrons. The average molecular weight is 1350 g/mol. The van der Waals surface area contributed by atoms with E-state index in [0.29, 0.717) is 31.2 Å². The van der Waals surface area contributed by atoms with Crippen LogP contribution in [-0.2, 0) is 63.9 Å². The number of rotatable bonds is 19. The largest absolute Gasteiger partial charge is 0.465 e. The predicted octanol–water partition coefficient (Wildman–Crippen LogP) is 5.02. The van der Waals surface area contributed by atoms with Crippen molar-refractivity contribution in [1.29, 1.82) is 0 Å². The maximum atomic E-state index is 15.5. The SMILES string of the molecule is C=C1C(=O)N(C)[C@@H](CC(C)C)C(=O)N[C@H](C(C)C)C(=O)N(C)[C@H](CC(C)C)C(=O)N[C@H](C)C(=O)N[C@@H](C)C(=O)N(C)[C@@H](CC(C)C)C(=O)N(C)[C@@H](CC(C)C)C(=O)N(C)[C@@H](C(C)C)C(=O)N(C)[C@@H]([C@H](O)[C@H](C)CCCc2cccc(C(=O)OC)c2)C(=O)N[C@@H](CCC)C(=O)N1C. The van der Waals surface area contributed by atoms with Crippen molar-refractivity contribution in [2.75, 3.05) is 56.4 Å². The van der Waals surface area contributed by atoms with Crippen LogP contribution < -0.4 is 21.3 Å². The number of carbonyl (C=O) groups excluding carboxylic acids is 12. The smallest absolute Gasteiger partial charge is 0.337 e. The van der Waals surface area contributed by atoms with Crippen molar-refractivity contribution in [2.24, 2.45) is 41.4 Å². The molecule has 0 aliphatic carbocycles. The van der Waals surface area contributed by atoms with E-state index in [2.05, 4.69) is 27.8 Å². The van der Waals surface area contributed by atoms with Crippen LogP contribution in [0.5, 0.6) is 0 Å². The molecule has 1 aliphatic heterocycles. The second kappa shape index (κ2) is 38.5. The third-order valence-electron chi connectivity index (χ3n) is 18.1. The standard InChI is InChI=1S/C71H119N11O14/c1-26-29-51-66(90)76(18)48(17)65(89)77(19)53(35-40(4)5)62(86)75-56(43(10)11)69(93)78(20)52(34-39(2)3)61(85)72-46(15)60(84)73-47(16)64(88)79(21)54(36-41(6)7)67(91)80(22)55(37-42(8)9)68(92)81(23)57(44(12)13)70(94)82(24)58(63(87)74-51)59(83)45(14)30-27-31-49-32-28-33-50(38-49)71(95)96-25/h28,32-33,38-47,51-59,83H,17,26-27,29-31,34-37H2,1-16,18-25H3,(H,72,85)(H,73,84)(H,74,87)(H,75,86)/t45-,46-,47+,51+,52-,53+,54+,55+,56-,57+,58+,59-/m1/s1. The fraction of sp³-hybridized carbons (Fsp3) is 0.718. The van der Waals surface area contributed by atoms with Crippen LogP contribution in [0.1, 0.15) is 178 Å². The first-order valence-corrected chi connectivity index (χ1v) is 34.1. The average Bonchev–Trinajstić information content (AvgIpc) is 0.828. The van der Waals surface area contributed by atoms with Crippen molar-refractivity contribution < 1.29 is 67.4 Å². The molecule has 1 aromatic rings. The molecular formula is C71H119N11O14. The number of nitrogens with one attached hydrogen (secondary N) is 4. The summed E-state index contributed by atoms with van der Waals surface area (Å²) in [7, 11) is 11.0. The lowest BCUT2D eigenvalue weighted by Gasteiger charge is -2.41. The number of hydrogen-bond donors (Lipinski definition) is 5. The number of nitrogens with zero attached hydrogens (tertiary/aromatic N) is 7. The predicted molar refractivity (Wildman–Crippen MR) is 369 cm³/mol. The fourth-order valence-electron chi connectivity index (χ4n) is 12.2. The molecule has 0 bridgehead atoms. The number of hydrogen-bond acceptors (Lipinski definition) is 14. The Morgan fingerprint density at radius 3 is 1.48 bits per heavy atom. The molecule has 12 atom stereocenters. The number of methoxy groups -OCH3 is 1. The van der Waals surface area contributed by atoms with Gasteiger partial charge in [-0.15, -0.1) is 0 Å². The first-order valence-electron chi connectivity index (χ1n) is 34.1. The van der Waals surface area contributed by atoms with E-state index in [0.717, 1.165) is 20.3 Å². The molecule has 0 aromatic heterocycles. The van der Waals surface area contributed by atoms with Crippen molar-refractivity contribution in [3.8, 4) is 0 Å². The highest BCUT2D eigenvalue weighted by Crippen LogP contribution is 2.27. The zero-order valence-electron chi connectivity index (χ0n) is 62.2. The summed E-state index contributed by atoms with van der Waals surface area (Å²) in [5, 5.41) is 23.6. The zero-order valence-corrected chi connectivity index (χ0v) is 62.2. The zero-order chi connectivity index (χ0) is 73.8. The highest BCUT2D eigenvalue weighted by atomic mass is 16.5. The van der Waals surface area contributed by atoms with Crippen LogP contribution in [0.4, 0.5) is 0 Å². The van der Waals surface area contributed by atoms with Crippen LogP contribution in [-0.4, -0.2) is 233 Å². The second-order valence-electron chi connectivity index (χ2n) is 28.8. The Morgan fingerprint density at radius 2 is 0.990 bits per heavy atom. The lowest BCUT2D eigenvalue weighted by molar-refractivity contribution is -0.157. The first-order chi connectivity index (χ1) is 44.5. The van der Waals surface area contributed by atoms with Crippen LogP contribution >= 0.6 is 0 Å². The minimum absolute atomic E-state index is 0.00833. The summed E-state index contributed by atoms with van der Waals surface area (Å²) in [5.41, 5.74) is 0.787. The van der Waals surface area contributed by atoms with Gasteiger partial charge in [-0.05, 0) is 124 Å². The summed E-state index contributed by atoms with van der Waals surface area (Å²) < 4.78 is 4.91. The van der Waals surface area contributed by atoms with Gasteiger partial charge in [0, 0.05) is 49.3 Å². The molecular weight excluding hydrogens is 1230 g/mol. The van der Waals surface area contributed by atoms with Crippen LogP contribution in [0.3, 0.4) is 0 Å². The van der Waals surface area contributed by atoms with Gasteiger partial charge in [-0.3, -0.25) is 52.7 Å². The number of aliphatic hydroxyl groups excluding tert-OH is 1. The van der Waals surface area contributed by atoms with Gasteiger partial charge in [-0.25, -0.2) is 4.79 Å². The summed E-state index contributed by atoms with van der Waals surface area (Å²) in [5.74, 6) is -11.2. The highest BCUT2D eigenvalue weighted by Gasteiger charge is 2.46. The minimum Gasteiger partial charge on any atom is -0.465 e. The molecule has 1 fully saturated rings. The summed E-state index contributed by atoms with van der Waals surface area (Å²) in [6.07, 6.45) is 0.419. The van der Waals surface area contributed by atoms with Gasteiger partial charge in [0.25, 0.3) is 5.91 Å². The number of carbonyl (C=O) groups is 12. The molecule has 96 heavy (non-hydrogen) atoms. The molecule has 11 amide bonds. The van der Waals surface area contributed by atoms with Gasteiger partial charge in [0.05, 0.1) is 18.8 Å². The van der Waals surface area contributed by atoms with Gasteiger partial charge in [-0.2, -0.15) is 0 Å². The molecule has 0 unspecified atom stereocenters. The van der Waals surface area contributed by atoms with Gasteiger partial charge in [0.1, 0.15) is 66.1 Å². The van der Waals surface area contributed by atoms with Gasteiger partial charge in [0.15, 0.2) is 0 Å². The molecule has 542 valence electrons. The number of amides is 11. The Morgan fingerprint density at radius 1 is 0.531 bits per heavy atom. The van der Waals surface area contributed by atoms with Gasteiger partial charge in [-0.1, -0.05) is 122 Å². The van der Waals surface area contributed by atoms with E-state index in [1.54, 1.807) is 59.7 Å². The van der Waals surface area contributed by atoms with Gasteiger partial charge >= 0.3 is 5.97 Å². The van der Waals surface area contributed by atoms with Crippen LogP contribution in [0, 0.1) is 41.4 Å². The third-order valence-corrected chi connectivity index (χ3v) is 18.1. The number of aryl methyl sites for hydroxylation is 1. The molecule has 25 nitrogen and oxygen atoms in total. The van der Waals surface area contributed by atoms with Crippen molar-refractivity contribution >= 4 is 70.9 Å². The number of aliphatic hydroxyl groups is 1. The normalized spacial score (nSPS) is 25.0. The lowest BCUT2D eigenvalue weighted by atomic mass is 9.89. The van der Waals surface area contributed by atoms with Crippen molar-refractivity contribution in [3.05, 3.63) is 47.7 Å². The molecule has 0 spiro atoms. The monoisotopic (exact) mass is 1350 g/mol. The quantitative estimate of drug-likeness (QED) is 0.0898. The Hall–Kier alpha value is -7.44. The van der Waals surface area contributed by atoms with E-state index < -0.39 is 155 Å². The molecule has 1 aliphatic rings. The molecule has 1 heterocycles. The fourth-order valence-corrected chi connectivity index (χ4v) is 12.2. The molecule has 1 aromatic carbocycles. The molecule has 25 heteroatoms. The Bertz CT molecular complexity index is 2880. The van der Waals surface area contributed by atoms with Crippen LogP contribution in [0.2, 0.25) is 0 Å². The van der Waals surface area contributed by atoms with E-state index in [4.69, 9.17) is 4.74 Å². The lowest BCUT2D eigenvalue weighted by Crippen LogP contribution is -2.63. The Kier molecular flexibility index (Phi) is 33.9. The van der Waals surface area contributed by atoms with Crippen molar-refractivity contribution in [2.45, 2.75) is 235 Å². The molecule has 5 N–H and O–H groups in total. The van der Waals surface area contributed by atoms with E-state index in [9.17, 15) is 43.5 Å². The Balaban J connectivity index is 3.05. The molecule has 0 saturated carbocycles. The van der Waals surface area contributed by atoms with E-state index in [-0.39, 0.29) is 61.5 Å². The summed E-state index contributed by atoms with van der Waals surface area (Å²) in [6, 6.07) is -6.01. The summed E-state index contributed by atoms with van der Waals surface area (Å²) >= 11 is 0. The molecule has 1 saturated heterocycles. The highest BCUT2D eigenvalue weighted by molar-refractivity contribution is 6.02. The molecule has 2 rings (SSSR count). The summed E-state index contributed by atoms with van der Waals surface area (Å²) in [6.45, 7) is 32.0. The number of likely N-dealkylation sites (N-methyl/N-ethyl adjacent to an activating group) is 7. The third kappa shape index (κ3) is 23.1. The summed E-state index contributed by atoms with van der Waals surface area (Å²) in [4.78, 5) is 183. The van der Waals surface area contributed by atoms with E-state index >= 15 is 19.2 Å². The second-order valence-corrected chi connectivity index (χ2v) is 28.8. The van der Waals surface area contributed by atoms with E-state index in [1.165, 1.54) is 89.9 Å². The van der Waals surface area contributed by atoms with Gasteiger partial charge < -0.3 is 65.4 Å². The van der Waals surface area contributed by atoms with Crippen molar-refractivity contribution in [3.63, 3.8) is 0 Å². The number of ether oxygens (including phenoxy) is 1. The van der Waals surface area contributed by atoms with Crippen LogP contribution in [0.25, 0.3) is 0 Å². The maximum absolute atomic E-state index is 15.5. The number of benzene rings is 1. The number of esters is 1. The minimum atomic E-state index is -1.71. The maximum Gasteiger partial charge on any atom is 0.337 e.